The molecule has 43 heavy (non-hydrogen) atoms. The van der Waals surface area contributed by atoms with Gasteiger partial charge in [-0.05, 0) is 60.4 Å². The summed E-state index contributed by atoms with van der Waals surface area (Å²) in [4.78, 5) is 40.0. The van der Waals surface area contributed by atoms with E-state index in [0.29, 0.717) is 29.9 Å². The van der Waals surface area contributed by atoms with Crippen LogP contribution in [-0.2, 0) is 29.1 Å². The average molecular weight is 576 g/mol. The molecule has 0 radical (unpaired) electrons. The Bertz CT molecular complexity index is 1610. The van der Waals surface area contributed by atoms with E-state index in [2.05, 4.69) is 28.1 Å². The third kappa shape index (κ3) is 7.65. The number of nitrogens with zero attached hydrogens (tertiary/aromatic N) is 1. The maximum absolute atomic E-state index is 13.1. The molecule has 218 valence electrons. The Morgan fingerprint density at radius 3 is 2.26 bits per heavy atom. The second-order valence-corrected chi connectivity index (χ2v) is 10.3. The lowest BCUT2D eigenvalue weighted by Crippen LogP contribution is -2.39. The summed E-state index contributed by atoms with van der Waals surface area (Å²) in [6.07, 6.45) is 0.0196. The molecule has 1 aliphatic heterocycles. The molecule has 0 aromatic heterocycles. The summed E-state index contributed by atoms with van der Waals surface area (Å²) < 4.78 is 5.17. The number of fused-ring (bicyclic) bond motifs is 1. The Morgan fingerprint density at radius 1 is 0.907 bits per heavy atom. The number of benzene rings is 4. The molecule has 1 atom stereocenters. The number of carbonyl (C=O) groups is 3. The minimum Gasteiger partial charge on any atom is -0.444 e. The van der Waals surface area contributed by atoms with E-state index in [1.807, 2.05) is 72.5 Å². The van der Waals surface area contributed by atoms with Crippen LogP contribution in [0.15, 0.2) is 103 Å². The fourth-order valence-corrected chi connectivity index (χ4v) is 4.82. The molecule has 4 N–H and O–H groups in total. The smallest absolute Gasteiger partial charge is 0.413 e. The van der Waals surface area contributed by atoms with Crippen LogP contribution in [0, 0.1) is 5.41 Å². The normalized spacial score (nSPS) is 14.1. The fourth-order valence-electron chi connectivity index (χ4n) is 4.82. The number of rotatable bonds is 8. The Morgan fingerprint density at radius 2 is 1.56 bits per heavy atom. The van der Waals surface area contributed by atoms with E-state index in [-0.39, 0.29) is 30.3 Å². The highest BCUT2D eigenvalue weighted by Crippen LogP contribution is 2.27. The zero-order chi connectivity index (χ0) is 30.2. The number of anilines is 2. The van der Waals surface area contributed by atoms with E-state index >= 15 is 0 Å². The van der Waals surface area contributed by atoms with Crippen molar-refractivity contribution >= 4 is 35.1 Å². The maximum atomic E-state index is 13.1. The van der Waals surface area contributed by atoms with Crippen molar-refractivity contribution in [2.24, 2.45) is 0 Å². The fraction of sp³-hybridized carbons (Fsp3) is 0.176. The summed E-state index contributed by atoms with van der Waals surface area (Å²) in [6, 6.07) is 30.9. The molecule has 0 saturated heterocycles. The topological polar surface area (TPSA) is 124 Å². The first-order valence-corrected chi connectivity index (χ1v) is 14.1. The summed E-state index contributed by atoms with van der Waals surface area (Å²) in [5.41, 5.74) is 5.21. The minimum atomic E-state index is -0.733. The van der Waals surface area contributed by atoms with Crippen LogP contribution >= 0.6 is 0 Å². The van der Waals surface area contributed by atoms with E-state index in [9.17, 15) is 14.4 Å². The van der Waals surface area contributed by atoms with Crippen molar-refractivity contribution in [2.45, 2.75) is 32.5 Å². The van der Waals surface area contributed by atoms with Crippen LogP contribution in [0.3, 0.4) is 0 Å². The number of hydrogen-bond acceptors (Lipinski definition) is 6. The molecule has 0 saturated carbocycles. The molecule has 9 nitrogen and oxygen atoms in total. The van der Waals surface area contributed by atoms with Crippen LogP contribution < -0.4 is 16.0 Å². The highest BCUT2D eigenvalue weighted by atomic mass is 16.5. The van der Waals surface area contributed by atoms with Gasteiger partial charge in [0, 0.05) is 35.6 Å². The molecule has 9 heteroatoms. The van der Waals surface area contributed by atoms with Crippen molar-refractivity contribution in [1.29, 1.82) is 5.41 Å². The first kappa shape index (κ1) is 29.1. The van der Waals surface area contributed by atoms with Crippen LogP contribution in [0.4, 0.5) is 16.2 Å². The molecular weight excluding hydrogens is 542 g/mol. The van der Waals surface area contributed by atoms with Gasteiger partial charge in [-0.25, -0.2) is 4.79 Å². The van der Waals surface area contributed by atoms with Gasteiger partial charge >= 0.3 is 6.09 Å². The first-order chi connectivity index (χ1) is 20.9. The lowest BCUT2D eigenvalue weighted by atomic mass is 10.1. The molecular formula is C34H33N5O4. The van der Waals surface area contributed by atoms with Gasteiger partial charge in [-0.2, -0.15) is 0 Å². The summed E-state index contributed by atoms with van der Waals surface area (Å²) in [7, 11) is 0. The van der Waals surface area contributed by atoms with Crippen molar-refractivity contribution in [2.75, 3.05) is 17.2 Å². The number of amides is 3. The number of alkyl carbamates (subject to hydrolysis) is 1. The molecule has 1 unspecified atom stereocenters. The third-order valence-electron chi connectivity index (χ3n) is 7.17. The lowest BCUT2D eigenvalue weighted by molar-refractivity contribution is -0.132. The lowest BCUT2D eigenvalue weighted by Gasteiger charge is -2.23. The number of ether oxygens (including phenoxy) is 1. The molecule has 5 rings (SSSR count). The Hall–Kier alpha value is -5.44. The van der Waals surface area contributed by atoms with Gasteiger partial charge in [-0.1, -0.05) is 72.8 Å². The number of carbonyl (C=O) groups excluding carboxylic acids is 3. The van der Waals surface area contributed by atoms with E-state index < -0.39 is 6.09 Å². The molecule has 0 bridgehead atoms. The van der Waals surface area contributed by atoms with Gasteiger partial charge in [0.1, 0.15) is 18.5 Å². The van der Waals surface area contributed by atoms with Crippen LogP contribution in [0.5, 0.6) is 0 Å². The SMILES string of the molecule is CC1Nc2ccc(NC(=O)c3ccc(C(=N)NC(=O)OCc4ccccc4)cc3)cc2CN(CCc2ccccc2)C1=O. The van der Waals surface area contributed by atoms with Gasteiger partial charge in [0.2, 0.25) is 5.91 Å². The van der Waals surface area contributed by atoms with Crippen LogP contribution in [0.1, 0.15) is 39.5 Å². The second kappa shape index (κ2) is 13.5. The summed E-state index contributed by atoms with van der Waals surface area (Å²) >= 11 is 0. The second-order valence-electron chi connectivity index (χ2n) is 10.3. The van der Waals surface area contributed by atoms with E-state index in [1.165, 1.54) is 5.56 Å². The standard InChI is InChI=1S/C34H33N5O4/c1-23-33(41)39(19-18-24-8-4-2-5-9-24)21-28-20-29(16-17-30(28)36-23)37-32(40)27-14-12-26(13-15-27)31(35)38-34(42)43-22-25-10-6-3-7-11-25/h2-17,20,23,36H,18-19,21-22H2,1H3,(H,37,40)(H2,35,38,42). The van der Waals surface area contributed by atoms with Gasteiger partial charge in [0.15, 0.2) is 0 Å². The Labute approximate surface area is 250 Å². The van der Waals surface area contributed by atoms with E-state index in [4.69, 9.17) is 10.1 Å². The van der Waals surface area contributed by atoms with Gasteiger partial charge < -0.3 is 20.3 Å². The van der Waals surface area contributed by atoms with Gasteiger partial charge in [-0.3, -0.25) is 20.3 Å². The molecule has 3 amide bonds. The molecule has 0 aliphatic carbocycles. The number of amidine groups is 1. The van der Waals surface area contributed by atoms with Crippen molar-refractivity contribution in [1.82, 2.24) is 10.2 Å². The highest BCUT2D eigenvalue weighted by molar-refractivity contribution is 6.07. The maximum Gasteiger partial charge on any atom is 0.413 e. The van der Waals surface area contributed by atoms with Crippen LogP contribution in [-0.4, -0.2) is 41.2 Å². The Balaban J connectivity index is 1.18. The van der Waals surface area contributed by atoms with Crippen LogP contribution in [0.25, 0.3) is 0 Å². The molecule has 0 fully saturated rings. The largest absolute Gasteiger partial charge is 0.444 e. The van der Waals surface area contributed by atoms with E-state index in [0.717, 1.165) is 23.2 Å². The monoisotopic (exact) mass is 575 g/mol. The third-order valence-corrected chi connectivity index (χ3v) is 7.17. The van der Waals surface area contributed by atoms with Gasteiger partial charge in [-0.15, -0.1) is 0 Å². The molecule has 4 aromatic rings. The van der Waals surface area contributed by atoms with Gasteiger partial charge in [0.25, 0.3) is 5.91 Å². The van der Waals surface area contributed by atoms with Crippen molar-refractivity contribution in [3.8, 4) is 0 Å². The van der Waals surface area contributed by atoms with Crippen molar-refractivity contribution < 1.29 is 19.1 Å². The number of nitrogens with one attached hydrogen (secondary N) is 4. The summed E-state index contributed by atoms with van der Waals surface area (Å²) in [6.45, 7) is 2.97. The zero-order valence-corrected chi connectivity index (χ0v) is 23.8. The summed E-state index contributed by atoms with van der Waals surface area (Å²) in [5.74, 6) is -0.425. The molecule has 1 aliphatic rings. The van der Waals surface area contributed by atoms with Crippen molar-refractivity contribution in [3.05, 3.63) is 131 Å². The highest BCUT2D eigenvalue weighted by Gasteiger charge is 2.26. The molecule has 1 heterocycles. The predicted molar refractivity (Wildman–Crippen MR) is 166 cm³/mol. The van der Waals surface area contributed by atoms with Gasteiger partial charge in [0.05, 0.1) is 0 Å². The molecule has 4 aromatic carbocycles. The van der Waals surface area contributed by atoms with Crippen molar-refractivity contribution in [3.63, 3.8) is 0 Å². The van der Waals surface area contributed by atoms with Crippen LogP contribution in [0.2, 0.25) is 0 Å². The first-order valence-electron chi connectivity index (χ1n) is 14.1. The Kier molecular flexibility index (Phi) is 9.11. The molecule has 0 spiro atoms. The van der Waals surface area contributed by atoms with E-state index in [1.54, 1.807) is 30.3 Å². The zero-order valence-electron chi connectivity index (χ0n) is 23.8. The number of hydrogen-bond donors (Lipinski definition) is 4. The minimum absolute atomic E-state index is 0.0299. The summed E-state index contributed by atoms with van der Waals surface area (Å²) in [5, 5.41) is 16.8. The average Bonchev–Trinajstić information content (AvgIpc) is 3.15. The predicted octanol–water partition coefficient (Wildman–Crippen LogP) is 5.58. The quantitative estimate of drug-likeness (QED) is 0.161.